The number of unbranched alkanes of at least 4 members (excludes halogenated alkanes) is 6. The zero-order valence-corrected chi connectivity index (χ0v) is 12.5. The Morgan fingerprint density at radius 2 is 1.70 bits per heavy atom. The molecular weight excluding hydrogens is 248 g/mol. The Kier molecular flexibility index (Phi) is 8.44. The van der Waals surface area contributed by atoms with E-state index in [4.69, 9.17) is 0 Å². The molecule has 0 amide bonds. The van der Waals surface area contributed by atoms with Gasteiger partial charge in [0, 0.05) is 5.56 Å². The van der Waals surface area contributed by atoms with E-state index in [1.807, 2.05) is 18.2 Å². The summed E-state index contributed by atoms with van der Waals surface area (Å²) in [6, 6.07) is 9.12. The van der Waals surface area contributed by atoms with Crippen molar-refractivity contribution < 1.29 is 9.90 Å². The van der Waals surface area contributed by atoms with Gasteiger partial charge in [-0.1, -0.05) is 69.4 Å². The van der Waals surface area contributed by atoms with Crippen LogP contribution < -0.4 is 0 Å². The molecule has 1 N–H and O–H groups in total. The molecule has 0 spiro atoms. The van der Waals surface area contributed by atoms with Crippen LogP contribution in [0.2, 0.25) is 0 Å². The predicted octanol–water partition coefficient (Wildman–Crippen LogP) is 5.45. The first-order chi connectivity index (χ1) is 9.74. The van der Waals surface area contributed by atoms with Gasteiger partial charge in [0.25, 0.3) is 0 Å². The zero-order valence-electron chi connectivity index (χ0n) is 12.5. The van der Waals surface area contributed by atoms with Crippen LogP contribution in [0.5, 0.6) is 0 Å². The number of Topliss-reactive ketones (excluding diaryl/α,β-unsaturated/α-hetero) is 1. The van der Waals surface area contributed by atoms with Gasteiger partial charge >= 0.3 is 0 Å². The van der Waals surface area contributed by atoms with Crippen molar-refractivity contribution in [2.75, 3.05) is 0 Å². The highest BCUT2D eigenvalue weighted by atomic mass is 16.3. The van der Waals surface area contributed by atoms with Gasteiger partial charge in [0.1, 0.15) is 0 Å². The van der Waals surface area contributed by atoms with Crippen molar-refractivity contribution in [2.24, 2.45) is 0 Å². The zero-order chi connectivity index (χ0) is 14.6. The third-order valence-electron chi connectivity index (χ3n) is 3.38. The molecule has 1 aromatic rings. The Morgan fingerprint density at radius 3 is 2.40 bits per heavy atom. The second-order valence-electron chi connectivity index (χ2n) is 5.22. The molecule has 2 nitrogen and oxygen atoms in total. The quantitative estimate of drug-likeness (QED) is 0.350. The van der Waals surface area contributed by atoms with Crippen LogP contribution in [0, 0.1) is 0 Å². The van der Waals surface area contributed by atoms with Crippen LogP contribution in [0.1, 0.15) is 68.6 Å². The maximum Gasteiger partial charge on any atom is 0.170 e. The molecule has 0 aromatic heterocycles. The minimum Gasteiger partial charge on any atom is -0.512 e. The van der Waals surface area contributed by atoms with Gasteiger partial charge in [0.2, 0.25) is 0 Å². The molecule has 0 saturated heterocycles. The van der Waals surface area contributed by atoms with Gasteiger partial charge in [-0.25, -0.2) is 0 Å². The highest BCUT2D eigenvalue weighted by molar-refractivity contribution is 5.97. The molecule has 1 aromatic carbocycles. The van der Waals surface area contributed by atoms with Gasteiger partial charge in [-0.15, -0.1) is 0 Å². The van der Waals surface area contributed by atoms with Crippen molar-refractivity contribution >= 4 is 5.78 Å². The van der Waals surface area contributed by atoms with Crippen molar-refractivity contribution in [2.45, 2.75) is 58.3 Å². The van der Waals surface area contributed by atoms with E-state index in [1.165, 1.54) is 32.1 Å². The van der Waals surface area contributed by atoms with Crippen LogP contribution >= 0.6 is 0 Å². The van der Waals surface area contributed by atoms with Crippen molar-refractivity contribution in [3.8, 4) is 0 Å². The SMILES string of the molecule is CCCCCCCC/C=C(\O)CC(=O)c1ccccc1. The summed E-state index contributed by atoms with van der Waals surface area (Å²) < 4.78 is 0. The van der Waals surface area contributed by atoms with Crippen molar-refractivity contribution in [1.82, 2.24) is 0 Å². The van der Waals surface area contributed by atoms with E-state index in [2.05, 4.69) is 6.92 Å². The molecule has 0 aliphatic carbocycles. The molecule has 0 heterocycles. The molecule has 110 valence electrons. The minimum atomic E-state index is -0.0257. The average Bonchev–Trinajstić information content (AvgIpc) is 2.47. The lowest BCUT2D eigenvalue weighted by atomic mass is 10.1. The molecule has 0 atom stereocenters. The van der Waals surface area contributed by atoms with E-state index in [9.17, 15) is 9.90 Å². The Hall–Kier alpha value is -1.57. The smallest absolute Gasteiger partial charge is 0.170 e. The number of rotatable bonds is 10. The van der Waals surface area contributed by atoms with Crippen molar-refractivity contribution in [1.29, 1.82) is 0 Å². The molecule has 0 bridgehead atoms. The maximum absolute atomic E-state index is 11.9. The molecular formula is C18H26O2. The lowest BCUT2D eigenvalue weighted by Gasteiger charge is -2.01. The van der Waals surface area contributed by atoms with Crippen LogP contribution in [0.4, 0.5) is 0 Å². The number of aliphatic hydroxyl groups excluding tert-OH is 1. The van der Waals surface area contributed by atoms with E-state index < -0.39 is 0 Å². The molecule has 0 aliphatic rings. The van der Waals surface area contributed by atoms with Crippen LogP contribution in [-0.4, -0.2) is 10.9 Å². The third-order valence-corrected chi connectivity index (χ3v) is 3.38. The maximum atomic E-state index is 11.9. The molecule has 0 saturated carbocycles. The fraction of sp³-hybridized carbons (Fsp3) is 0.500. The van der Waals surface area contributed by atoms with Crippen LogP contribution in [0.15, 0.2) is 42.2 Å². The lowest BCUT2D eigenvalue weighted by Crippen LogP contribution is -2.00. The summed E-state index contributed by atoms with van der Waals surface area (Å²) in [6.45, 7) is 2.21. The van der Waals surface area contributed by atoms with Crippen LogP contribution in [0.3, 0.4) is 0 Å². The van der Waals surface area contributed by atoms with Gasteiger partial charge in [0.15, 0.2) is 5.78 Å². The molecule has 1 rings (SSSR count). The summed E-state index contributed by atoms with van der Waals surface area (Å²) in [6.07, 6.45) is 10.2. The number of benzene rings is 1. The van der Waals surface area contributed by atoms with Gasteiger partial charge < -0.3 is 5.11 Å². The first kappa shape index (κ1) is 16.5. The van der Waals surface area contributed by atoms with Crippen LogP contribution in [-0.2, 0) is 0 Å². The van der Waals surface area contributed by atoms with Gasteiger partial charge in [-0.3, -0.25) is 4.79 Å². The standard InChI is InChI=1S/C18H26O2/c1-2-3-4-5-6-7-11-14-17(19)15-18(20)16-12-9-8-10-13-16/h8-10,12-14,19H,2-7,11,15H2,1H3/b17-14-. The third kappa shape index (κ3) is 7.13. The predicted molar refractivity (Wildman–Crippen MR) is 84.1 cm³/mol. The molecule has 2 heteroatoms. The summed E-state index contributed by atoms with van der Waals surface area (Å²) in [4.78, 5) is 11.9. The summed E-state index contributed by atoms with van der Waals surface area (Å²) in [5.74, 6) is 0.176. The lowest BCUT2D eigenvalue weighted by molar-refractivity contribution is 0.0980. The molecule has 0 radical (unpaired) electrons. The number of ketones is 1. The topological polar surface area (TPSA) is 37.3 Å². The summed E-state index contributed by atoms with van der Waals surface area (Å²) in [5.41, 5.74) is 0.659. The van der Waals surface area contributed by atoms with E-state index >= 15 is 0 Å². The number of carbonyl (C=O) groups excluding carboxylic acids is 1. The Balaban J connectivity index is 2.20. The van der Waals surface area contributed by atoms with E-state index in [0.29, 0.717) is 5.56 Å². The Bertz CT molecular complexity index is 407. The number of aliphatic hydroxyl groups is 1. The molecule has 0 unspecified atom stereocenters. The molecule has 0 aliphatic heterocycles. The first-order valence-electron chi connectivity index (χ1n) is 7.70. The minimum absolute atomic E-state index is 0.0257. The second kappa shape index (κ2) is 10.2. The molecule has 0 fully saturated rings. The van der Waals surface area contributed by atoms with Crippen molar-refractivity contribution in [3.63, 3.8) is 0 Å². The van der Waals surface area contributed by atoms with Crippen LogP contribution in [0.25, 0.3) is 0 Å². The number of carbonyl (C=O) groups is 1. The summed E-state index contributed by atoms with van der Waals surface area (Å²) in [5, 5.41) is 9.76. The Morgan fingerprint density at radius 1 is 1.05 bits per heavy atom. The second-order valence-corrected chi connectivity index (χ2v) is 5.22. The van der Waals surface area contributed by atoms with Gasteiger partial charge in [-0.05, 0) is 18.9 Å². The normalized spacial score (nSPS) is 11.6. The largest absolute Gasteiger partial charge is 0.512 e. The van der Waals surface area contributed by atoms with E-state index in [1.54, 1.807) is 18.2 Å². The fourth-order valence-electron chi connectivity index (χ4n) is 2.16. The highest BCUT2D eigenvalue weighted by Gasteiger charge is 2.06. The summed E-state index contributed by atoms with van der Waals surface area (Å²) in [7, 11) is 0. The monoisotopic (exact) mass is 274 g/mol. The van der Waals surface area contributed by atoms with E-state index in [0.717, 1.165) is 12.8 Å². The number of hydrogen-bond acceptors (Lipinski definition) is 2. The highest BCUT2D eigenvalue weighted by Crippen LogP contribution is 2.11. The molecule has 20 heavy (non-hydrogen) atoms. The number of allylic oxidation sites excluding steroid dienone is 2. The van der Waals surface area contributed by atoms with Crippen molar-refractivity contribution in [3.05, 3.63) is 47.7 Å². The van der Waals surface area contributed by atoms with Gasteiger partial charge in [0.05, 0.1) is 12.2 Å². The van der Waals surface area contributed by atoms with Gasteiger partial charge in [-0.2, -0.15) is 0 Å². The fourth-order valence-corrected chi connectivity index (χ4v) is 2.16. The summed E-state index contributed by atoms with van der Waals surface area (Å²) >= 11 is 0. The number of hydrogen-bond donors (Lipinski definition) is 1. The average molecular weight is 274 g/mol. The first-order valence-corrected chi connectivity index (χ1v) is 7.70. The Labute approximate surface area is 122 Å². The van der Waals surface area contributed by atoms with E-state index in [-0.39, 0.29) is 18.0 Å².